The Morgan fingerprint density at radius 1 is 1.27 bits per heavy atom. The summed E-state index contributed by atoms with van der Waals surface area (Å²) in [6, 6.07) is 3.42. The number of nitrogens with zero attached hydrogens (tertiary/aromatic N) is 3. The van der Waals surface area contributed by atoms with Crippen LogP contribution in [0.3, 0.4) is 0 Å². The molecule has 0 N–H and O–H groups in total. The molecule has 0 aromatic carbocycles. The van der Waals surface area contributed by atoms with E-state index in [9.17, 15) is 8.42 Å². The Kier molecular flexibility index (Phi) is 3.54. The first-order valence-electron chi connectivity index (χ1n) is 7.52. The lowest BCUT2D eigenvalue weighted by atomic mass is 9.99. The molecule has 8 heteroatoms. The Morgan fingerprint density at radius 2 is 2.14 bits per heavy atom. The van der Waals surface area contributed by atoms with Crippen LogP contribution < -0.4 is 0 Å². The summed E-state index contributed by atoms with van der Waals surface area (Å²) in [6.45, 7) is 0.994. The minimum atomic E-state index is -3.39. The van der Waals surface area contributed by atoms with E-state index >= 15 is 0 Å². The molecule has 118 valence electrons. The van der Waals surface area contributed by atoms with E-state index < -0.39 is 10.0 Å². The van der Waals surface area contributed by atoms with E-state index in [-0.39, 0.29) is 5.92 Å². The average molecular weight is 339 g/mol. The topological polar surface area (TPSA) is 76.3 Å². The molecule has 22 heavy (non-hydrogen) atoms. The van der Waals surface area contributed by atoms with Crippen molar-refractivity contribution in [3.63, 3.8) is 0 Å². The maximum Gasteiger partial charge on any atom is 0.252 e. The van der Waals surface area contributed by atoms with Crippen LogP contribution in [0.25, 0.3) is 0 Å². The maximum absolute atomic E-state index is 12.6. The predicted molar refractivity (Wildman–Crippen MR) is 81.3 cm³/mol. The van der Waals surface area contributed by atoms with E-state index in [1.165, 1.54) is 11.3 Å². The monoisotopic (exact) mass is 339 g/mol. The number of thiophene rings is 1. The van der Waals surface area contributed by atoms with Crippen molar-refractivity contribution in [2.45, 2.75) is 41.7 Å². The van der Waals surface area contributed by atoms with Crippen molar-refractivity contribution in [2.24, 2.45) is 0 Å². The minimum absolute atomic E-state index is 0.0275. The molecule has 2 aliphatic rings. The van der Waals surface area contributed by atoms with E-state index in [1.54, 1.807) is 21.8 Å². The zero-order valence-corrected chi connectivity index (χ0v) is 13.6. The molecule has 2 aromatic heterocycles. The van der Waals surface area contributed by atoms with E-state index in [0.29, 0.717) is 34.9 Å². The van der Waals surface area contributed by atoms with Gasteiger partial charge in [-0.25, -0.2) is 8.42 Å². The van der Waals surface area contributed by atoms with Crippen molar-refractivity contribution in [2.75, 3.05) is 13.1 Å². The summed E-state index contributed by atoms with van der Waals surface area (Å²) >= 11 is 1.26. The largest absolute Gasteiger partial charge is 0.339 e. The highest BCUT2D eigenvalue weighted by molar-refractivity contribution is 7.91. The summed E-state index contributed by atoms with van der Waals surface area (Å²) in [7, 11) is -3.39. The molecule has 1 atom stereocenters. The molecule has 1 unspecified atom stereocenters. The standard InChI is InChI=1S/C14H17N3O3S2/c18-22(19,12-4-2-8-21-12)17-7-1-3-11(9-17)13-15-14(20-16-13)10-5-6-10/h2,4,8,10-11H,1,3,5-7,9H2. The van der Waals surface area contributed by atoms with Gasteiger partial charge in [-0.1, -0.05) is 11.2 Å². The SMILES string of the molecule is O=S(=O)(c1cccs1)N1CCCC(c2noc(C3CC3)n2)C1. The molecule has 0 spiro atoms. The number of hydrogen-bond acceptors (Lipinski definition) is 6. The normalized spacial score (nSPS) is 23.7. The molecule has 0 radical (unpaired) electrons. The molecular weight excluding hydrogens is 322 g/mol. The second-order valence-electron chi connectivity index (χ2n) is 5.90. The molecule has 1 aliphatic carbocycles. The van der Waals surface area contributed by atoms with Crippen molar-refractivity contribution in [1.29, 1.82) is 0 Å². The van der Waals surface area contributed by atoms with E-state index in [2.05, 4.69) is 10.1 Å². The molecule has 1 aliphatic heterocycles. The van der Waals surface area contributed by atoms with Crippen LogP contribution in [-0.4, -0.2) is 36.0 Å². The number of piperidine rings is 1. The Morgan fingerprint density at radius 3 is 2.86 bits per heavy atom. The lowest BCUT2D eigenvalue weighted by Gasteiger charge is -2.29. The van der Waals surface area contributed by atoms with Gasteiger partial charge in [0.15, 0.2) is 5.82 Å². The fourth-order valence-corrected chi connectivity index (χ4v) is 5.49. The summed E-state index contributed by atoms with van der Waals surface area (Å²) in [4.78, 5) is 4.48. The van der Waals surface area contributed by atoms with Gasteiger partial charge < -0.3 is 4.52 Å². The van der Waals surface area contributed by atoms with Gasteiger partial charge in [0.2, 0.25) is 5.89 Å². The van der Waals surface area contributed by atoms with Gasteiger partial charge in [-0.05, 0) is 37.1 Å². The third kappa shape index (κ3) is 2.59. The lowest BCUT2D eigenvalue weighted by Crippen LogP contribution is -2.39. The Bertz CT molecular complexity index is 750. The lowest BCUT2D eigenvalue weighted by molar-refractivity contribution is 0.301. The minimum Gasteiger partial charge on any atom is -0.339 e. The van der Waals surface area contributed by atoms with Gasteiger partial charge in [-0.15, -0.1) is 11.3 Å². The first-order valence-corrected chi connectivity index (χ1v) is 9.84. The highest BCUT2D eigenvalue weighted by Gasteiger charge is 2.35. The molecule has 6 nitrogen and oxygen atoms in total. The summed E-state index contributed by atoms with van der Waals surface area (Å²) < 4.78 is 32.5. The van der Waals surface area contributed by atoms with E-state index in [0.717, 1.165) is 25.7 Å². The highest BCUT2D eigenvalue weighted by atomic mass is 32.2. The van der Waals surface area contributed by atoms with Gasteiger partial charge in [0.05, 0.1) is 0 Å². The van der Waals surface area contributed by atoms with Crippen LogP contribution in [0.4, 0.5) is 0 Å². The van der Waals surface area contributed by atoms with Crippen LogP contribution in [0.1, 0.15) is 49.2 Å². The number of aromatic nitrogens is 2. The van der Waals surface area contributed by atoms with E-state index in [1.807, 2.05) is 0 Å². The molecule has 2 fully saturated rings. The molecule has 4 rings (SSSR count). The van der Waals surface area contributed by atoms with Crippen molar-refractivity contribution in [3.05, 3.63) is 29.2 Å². The molecule has 1 saturated carbocycles. The number of hydrogen-bond donors (Lipinski definition) is 0. The molecule has 3 heterocycles. The van der Waals surface area contributed by atoms with Crippen LogP contribution in [0.15, 0.2) is 26.2 Å². The van der Waals surface area contributed by atoms with E-state index in [4.69, 9.17) is 4.52 Å². The van der Waals surface area contributed by atoms with Gasteiger partial charge in [0.25, 0.3) is 10.0 Å². The Hall–Kier alpha value is -1.25. The number of rotatable bonds is 4. The second kappa shape index (κ2) is 5.43. The Labute approximate surface area is 133 Å². The first kappa shape index (κ1) is 14.3. The van der Waals surface area contributed by atoms with Crippen LogP contribution in [-0.2, 0) is 10.0 Å². The number of sulfonamides is 1. The fraction of sp³-hybridized carbons (Fsp3) is 0.571. The van der Waals surface area contributed by atoms with Gasteiger partial charge in [-0.3, -0.25) is 0 Å². The smallest absolute Gasteiger partial charge is 0.252 e. The van der Waals surface area contributed by atoms with Crippen LogP contribution in [0.5, 0.6) is 0 Å². The molecule has 2 aromatic rings. The molecular formula is C14H17N3O3S2. The van der Waals surface area contributed by atoms with Crippen molar-refractivity contribution in [1.82, 2.24) is 14.4 Å². The van der Waals surface area contributed by atoms with Gasteiger partial charge in [0.1, 0.15) is 4.21 Å². The summed E-state index contributed by atoms with van der Waals surface area (Å²) in [5, 5.41) is 5.86. The third-order valence-electron chi connectivity index (χ3n) is 4.22. The summed E-state index contributed by atoms with van der Waals surface area (Å²) in [6.07, 6.45) is 3.96. The van der Waals surface area contributed by atoms with Gasteiger partial charge in [-0.2, -0.15) is 9.29 Å². The van der Waals surface area contributed by atoms with Crippen molar-refractivity contribution in [3.8, 4) is 0 Å². The maximum atomic E-state index is 12.6. The summed E-state index contributed by atoms with van der Waals surface area (Å²) in [5.41, 5.74) is 0. The highest BCUT2D eigenvalue weighted by Crippen LogP contribution is 2.40. The second-order valence-corrected chi connectivity index (χ2v) is 9.01. The van der Waals surface area contributed by atoms with Crippen molar-refractivity contribution < 1.29 is 12.9 Å². The molecule has 1 saturated heterocycles. The Balaban J connectivity index is 1.54. The molecule has 0 amide bonds. The third-order valence-corrected chi connectivity index (χ3v) is 7.46. The van der Waals surface area contributed by atoms with Gasteiger partial charge in [0, 0.05) is 24.9 Å². The molecule has 0 bridgehead atoms. The van der Waals surface area contributed by atoms with Crippen molar-refractivity contribution >= 4 is 21.4 Å². The zero-order valence-electron chi connectivity index (χ0n) is 12.0. The van der Waals surface area contributed by atoms with Crippen LogP contribution in [0, 0.1) is 0 Å². The fourth-order valence-electron chi connectivity index (χ4n) is 2.82. The summed E-state index contributed by atoms with van der Waals surface area (Å²) in [5.74, 6) is 1.83. The van der Waals surface area contributed by atoms with Crippen LogP contribution in [0.2, 0.25) is 0 Å². The quantitative estimate of drug-likeness (QED) is 0.856. The van der Waals surface area contributed by atoms with Gasteiger partial charge >= 0.3 is 0 Å². The first-order chi connectivity index (χ1) is 10.6. The predicted octanol–water partition coefficient (Wildman–Crippen LogP) is 2.58. The zero-order chi connectivity index (χ0) is 15.2. The average Bonchev–Trinajstić information content (AvgIpc) is 3.06. The van der Waals surface area contributed by atoms with Crippen LogP contribution >= 0.6 is 11.3 Å².